The highest BCUT2D eigenvalue weighted by atomic mass is 15.0. The van der Waals surface area contributed by atoms with Crippen LogP contribution >= 0.6 is 0 Å². The standard InChI is InChI=1S/C45H91N/c1-29(2)37(30(3)4)45(34(11)12,35(13)14)43(25,26)41(21,22)42(23,24)44(27,40(19,20)33(9)10)46-28-36(38(15,16)31(5)6)39(17,18)32(7)8/h29-30,32-37,46H,5,28H2,1-4,6-27H3/t36?,44-/m0/s1. The van der Waals surface area contributed by atoms with Gasteiger partial charge < -0.3 is 5.32 Å². The van der Waals surface area contributed by atoms with Crippen molar-refractivity contribution in [2.45, 2.75) is 186 Å². The summed E-state index contributed by atoms with van der Waals surface area (Å²) in [6.07, 6.45) is 0. The lowest BCUT2D eigenvalue weighted by atomic mass is 9.34. The maximum Gasteiger partial charge on any atom is 0.0263 e. The molecule has 0 aliphatic heterocycles. The molecule has 0 aliphatic rings. The maximum atomic E-state index is 4.54. The Kier molecular flexibility index (Phi) is 14.4. The first kappa shape index (κ1) is 45.7. The molecule has 1 heteroatoms. The first-order valence-corrected chi connectivity index (χ1v) is 19.5. The second kappa shape index (κ2) is 14.5. The predicted molar refractivity (Wildman–Crippen MR) is 212 cm³/mol. The smallest absolute Gasteiger partial charge is 0.0263 e. The zero-order valence-electron chi connectivity index (χ0n) is 37.0. The van der Waals surface area contributed by atoms with Gasteiger partial charge in [0.2, 0.25) is 0 Å². The van der Waals surface area contributed by atoms with E-state index in [-0.39, 0.29) is 43.4 Å². The van der Waals surface area contributed by atoms with Crippen LogP contribution in [-0.4, -0.2) is 12.1 Å². The van der Waals surface area contributed by atoms with Crippen LogP contribution in [0, 0.1) is 85.2 Å². The van der Waals surface area contributed by atoms with Gasteiger partial charge in [-0.2, -0.15) is 0 Å². The Morgan fingerprint density at radius 1 is 0.522 bits per heavy atom. The van der Waals surface area contributed by atoms with Crippen molar-refractivity contribution in [3.63, 3.8) is 0 Å². The Hall–Kier alpha value is -0.300. The average molecular weight is 646 g/mol. The Morgan fingerprint density at radius 3 is 1.15 bits per heavy atom. The summed E-state index contributed by atoms with van der Waals surface area (Å²) in [5.74, 6) is 4.45. The van der Waals surface area contributed by atoms with Gasteiger partial charge in [0.1, 0.15) is 0 Å². The summed E-state index contributed by atoms with van der Waals surface area (Å²) in [4.78, 5) is 0. The molecule has 0 radical (unpaired) electrons. The molecule has 0 fully saturated rings. The Balaban J connectivity index is 7.97. The van der Waals surface area contributed by atoms with Gasteiger partial charge in [-0.1, -0.05) is 178 Å². The van der Waals surface area contributed by atoms with Crippen LogP contribution in [0.15, 0.2) is 12.2 Å². The molecule has 276 valence electrons. The van der Waals surface area contributed by atoms with Crippen molar-refractivity contribution < 1.29 is 0 Å². The minimum Gasteiger partial charge on any atom is -0.310 e. The molecule has 1 unspecified atom stereocenters. The summed E-state index contributed by atoms with van der Waals surface area (Å²) in [6, 6.07) is 0. The molecule has 0 aromatic rings. The van der Waals surface area contributed by atoms with Crippen molar-refractivity contribution in [1.82, 2.24) is 5.32 Å². The van der Waals surface area contributed by atoms with Crippen molar-refractivity contribution in [2.24, 2.45) is 85.2 Å². The van der Waals surface area contributed by atoms with Crippen molar-refractivity contribution >= 4 is 0 Å². The average Bonchev–Trinajstić information content (AvgIpc) is 2.84. The van der Waals surface area contributed by atoms with Crippen LogP contribution in [0.5, 0.6) is 0 Å². The third kappa shape index (κ3) is 7.00. The summed E-state index contributed by atoms with van der Waals surface area (Å²) in [7, 11) is 0. The van der Waals surface area contributed by atoms with Gasteiger partial charge in [0.05, 0.1) is 0 Å². The Bertz CT molecular complexity index is 960. The Morgan fingerprint density at radius 2 is 0.891 bits per heavy atom. The van der Waals surface area contributed by atoms with Crippen molar-refractivity contribution in [3.05, 3.63) is 12.2 Å². The summed E-state index contributed by atoms with van der Waals surface area (Å²) in [6.45, 7) is 71.0. The van der Waals surface area contributed by atoms with E-state index in [1.165, 1.54) is 5.57 Å². The fourth-order valence-electron chi connectivity index (χ4n) is 11.4. The molecule has 1 nitrogen and oxygen atoms in total. The molecule has 0 saturated heterocycles. The van der Waals surface area contributed by atoms with Crippen LogP contribution in [0.3, 0.4) is 0 Å². The molecular weight excluding hydrogens is 555 g/mol. The van der Waals surface area contributed by atoms with Gasteiger partial charge in [-0.25, -0.2) is 0 Å². The molecule has 0 amide bonds. The number of rotatable bonds is 18. The highest BCUT2D eigenvalue weighted by molar-refractivity contribution is 5.19. The molecule has 0 rings (SSSR count). The van der Waals surface area contributed by atoms with Crippen LogP contribution in [0.2, 0.25) is 0 Å². The van der Waals surface area contributed by atoms with E-state index in [9.17, 15) is 0 Å². The van der Waals surface area contributed by atoms with E-state index < -0.39 is 0 Å². The molecule has 46 heavy (non-hydrogen) atoms. The van der Waals surface area contributed by atoms with Crippen LogP contribution in [0.4, 0.5) is 0 Å². The van der Waals surface area contributed by atoms with E-state index in [4.69, 9.17) is 0 Å². The minimum absolute atomic E-state index is 0.00870. The predicted octanol–water partition coefficient (Wildman–Crippen LogP) is 14.2. The third-order valence-corrected chi connectivity index (χ3v) is 17.1. The molecule has 0 heterocycles. The van der Waals surface area contributed by atoms with Gasteiger partial charge in [0, 0.05) is 5.54 Å². The lowest BCUT2D eigenvalue weighted by Crippen LogP contribution is -2.73. The van der Waals surface area contributed by atoms with Gasteiger partial charge in [-0.3, -0.25) is 0 Å². The molecule has 1 N–H and O–H groups in total. The van der Waals surface area contributed by atoms with Crippen LogP contribution in [-0.2, 0) is 0 Å². The van der Waals surface area contributed by atoms with Crippen LogP contribution in [0.25, 0.3) is 0 Å². The normalized spacial score (nSPS) is 17.3. The number of nitrogens with one attached hydrogen (secondary N) is 1. The molecule has 0 aromatic heterocycles. The summed E-state index contributed by atoms with van der Waals surface area (Å²) in [5.41, 5.74) is 1.34. The first-order valence-electron chi connectivity index (χ1n) is 19.5. The first-order chi connectivity index (χ1) is 20.1. The van der Waals surface area contributed by atoms with Crippen molar-refractivity contribution in [1.29, 1.82) is 0 Å². The van der Waals surface area contributed by atoms with Crippen LogP contribution in [0.1, 0.15) is 180 Å². The van der Waals surface area contributed by atoms with E-state index in [2.05, 4.69) is 192 Å². The molecule has 2 atom stereocenters. The number of hydrogen-bond donors (Lipinski definition) is 1. The second-order valence-corrected chi connectivity index (χ2v) is 21.5. The quantitative estimate of drug-likeness (QED) is 0.146. The highest BCUT2D eigenvalue weighted by Gasteiger charge is 2.68. The van der Waals surface area contributed by atoms with E-state index in [0.717, 1.165) is 6.54 Å². The maximum absolute atomic E-state index is 4.54. The topological polar surface area (TPSA) is 12.0 Å². The van der Waals surface area contributed by atoms with Gasteiger partial charge in [0.15, 0.2) is 0 Å². The van der Waals surface area contributed by atoms with Gasteiger partial charge in [0.25, 0.3) is 0 Å². The fourth-order valence-corrected chi connectivity index (χ4v) is 11.4. The number of allylic oxidation sites excluding steroid dienone is 1. The fraction of sp³-hybridized carbons (Fsp3) is 0.956. The summed E-state index contributed by atoms with van der Waals surface area (Å²) >= 11 is 0. The van der Waals surface area contributed by atoms with Gasteiger partial charge in [-0.05, 0) is 106 Å². The van der Waals surface area contributed by atoms with Gasteiger partial charge >= 0.3 is 0 Å². The summed E-state index contributed by atoms with van der Waals surface area (Å²) < 4.78 is 0. The van der Waals surface area contributed by atoms with E-state index in [0.29, 0.717) is 47.3 Å². The van der Waals surface area contributed by atoms with E-state index in [1.54, 1.807) is 0 Å². The van der Waals surface area contributed by atoms with Gasteiger partial charge in [-0.15, -0.1) is 0 Å². The molecule has 0 saturated carbocycles. The van der Waals surface area contributed by atoms with Crippen molar-refractivity contribution in [3.8, 4) is 0 Å². The zero-order valence-corrected chi connectivity index (χ0v) is 37.0. The minimum atomic E-state index is -0.170. The third-order valence-electron chi connectivity index (χ3n) is 17.1. The summed E-state index contributed by atoms with van der Waals surface area (Å²) in [5, 5.41) is 4.50. The lowest BCUT2D eigenvalue weighted by Gasteiger charge is -2.71. The van der Waals surface area contributed by atoms with Crippen molar-refractivity contribution in [2.75, 3.05) is 6.54 Å². The largest absolute Gasteiger partial charge is 0.310 e. The van der Waals surface area contributed by atoms with Crippen LogP contribution < -0.4 is 5.32 Å². The number of hydrogen-bond acceptors (Lipinski definition) is 1. The molecular formula is C45H91N. The van der Waals surface area contributed by atoms with E-state index in [1.807, 2.05) is 0 Å². The SMILES string of the molecule is C=C(C)C(C)(C)C(CN[C@@](C)(C(C)(C)C(C)C)C(C)(C)C(C)(C)C(C)(C)C(C(C)C)(C(C)C)C(C(C)C)C(C)C)C(C)(C)C(C)C. The Labute approximate surface area is 294 Å². The molecule has 0 bridgehead atoms. The second-order valence-electron chi connectivity index (χ2n) is 21.5. The zero-order chi connectivity index (χ0) is 37.6. The molecule has 0 aliphatic carbocycles. The van der Waals surface area contributed by atoms with E-state index >= 15 is 0 Å². The monoisotopic (exact) mass is 646 g/mol. The lowest BCUT2D eigenvalue weighted by molar-refractivity contribution is -0.222. The molecule has 0 aromatic carbocycles. The highest BCUT2D eigenvalue weighted by Crippen LogP contribution is 2.71. The molecule has 0 spiro atoms.